The number of carbonyl (C=O) groups excluding carboxylic acids is 1. The Labute approximate surface area is 153 Å². The fourth-order valence-corrected chi connectivity index (χ4v) is 2.23. The Kier molecular flexibility index (Phi) is 6.44. The number of halogens is 1. The van der Waals surface area contributed by atoms with E-state index >= 15 is 0 Å². The van der Waals surface area contributed by atoms with Crippen molar-refractivity contribution in [2.45, 2.75) is 6.54 Å². The first-order valence-corrected chi connectivity index (χ1v) is 7.83. The Morgan fingerprint density at radius 1 is 1.50 bits per heavy atom. The van der Waals surface area contributed by atoms with Crippen LogP contribution in [0.15, 0.2) is 35.8 Å². The van der Waals surface area contributed by atoms with Gasteiger partial charge in [0, 0.05) is 39.1 Å². The molecule has 0 saturated carbocycles. The van der Waals surface area contributed by atoms with Crippen molar-refractivity contribution in [3.8, 4) is 0 Å². The molecule has 1 fully saturated rings. The van der Waals surface area contributed by atoms with Crippen LogP contribution in [0.3, 0.4) is 0 Å². The van der Waals surface area contributed by atoms with Crippen molar-refractivity contribution < 1.29 is 9.83 Å². The molecular weight excluding hydrogens is 364 g/mol. The number of carbonyl (C=O) groups is 1. The van der Waals surface area contributed by atoms with Gasteiger partial charge in [-0.25, -0.2) is 15.1 Å². The van der Waals surface area contributed by atoms with Gasteiger partial charge in [0.1, 0.15) is 10.3 Å². The molecule has 11 nitrogen and oxygen atoms in total. The zero-order valence-corrected chi connectivity index (χ0v) is 14.6. The molecule has 138 valence electrons. The maximum Gasteiger partial charge on any atom is 0.271 e. The van der Waals surface area contributed by atoms with Crippen molar-refractivity contribution in [2.24, 2.45) is 17.9 Å². The van der Waals surface area contributed by atoms with Crippen LogP contribution in [0.2, 0.25) is 5.15 Å². The van der Waals surface area contributed by atoms with Crippen LogP contribution in [0, 0.1) is 10.1 Å². The summed E-state index contributed by atoms with van der Waals surface area (Å²) in [5, 5.41) is 19.9. The van der Waals surface area contributed by atoms with Crippen molar-refractivity contribution in [3.05, 3.63) is 57.1 Å². The van der Waals surface area contributed by atoms with E-state index in [9.17, 15) is 14.9 Å². The van der Waals surface area contributed by atoms with Crippen LogP contribution in [0.1, 0.15) is 15.9 Å². The smallest absolute Gasteiger partial charge is 0.271 e. The molecule has 1 aliphatic rings. The lowest BCUT2D eigenvalue weighted by Gasteiger charge is -2.14. The number of hydrogen-bond acceptors (Lipinski definition) is 5. The molecule has 0 unspecified atom stereocenters. The van der Waals surface area contributed by atoms with E-state index in [1.54, 1.807) is 30.4 Å². The third kappa shape index (κ3) is 5.70. The molecule has 1 amide bonds. The molecule has 2 aromatic rings. The zero-order valence-electron chi connectivity index (χ0n) is 13.9. The highest BCUT2D eigenvalue weighted by Gasteiger charge is 2.21. The van der Waals surface area contributed by atoms with Crippen LogP contribution in [0.4, 0.5) is 0 Å². The van der Waals surface area contributed by atoms with Crippen molar-refractivity contribution in [1.29, 1.82) is 0 Å². The number of nitrogens with one attached hydrogen (secondary N) is 1. The maximum atomic E-state index is 10.4. The first-order valence-electron chi connectivity index (χ1n) is 7.46. The Morgan fingerprint density at radius 2 is 2.27 bits per heavy atom. The number of hydrogen-bond donors (Lipinski definition) is 2. The second-order valence-corrected chi connectivity index (χ2v) is 5.65. The van der Waals surface area contributed by atoms with E-state index in [2.05, 4.69) is 20.5 Å². The molecule has 3 heterocycles. The molecule has 3 N–H and O–H groups in total. The lowest BCUT2D eigenvalue weighted by atomic mass is 10.3. The van der Waals surface area contributed by atoms with Gasteiger partial charge in [0.2, 0.25) is 0 Å². The number of amides is 1. The van der Waals surface area contributed by atoms with E-state index in [4.69, 9.17) is 17.3 Å². The average molecular weight is 381 g/mol. The topological polar surface area (TPSA) is 145 Å². The fraction of sp³-hybridized carbons (Fsp3) is 0.286. The third-order valence-electron chi connectivity index (χ3n) is 3.29. The van der Waals surface area contributed by atoms with E-state index in [0.29, 0.717) is 30.4 Å². The van der Waals surface area contributed by atoms with Gasteiger partial charge in [-0.2, -0.15) is 5.10 Å². The highest BCUT2D eigenvalue weighted by molar-refractivity contribution is 6.29. The molecule has 0 bridgehead atoms. The third-order valence-corrected chi connectivity index (χ3v) is 3.52. The minimum atomic E-state index is -0.708. The Morgan fingerprint density at radius 3 is 2.77 bits per heavy atom. The van der Waals surface area contributed by atoms with E-state index in [-0.39, 0.29) is 5.96 Å². The molecule has 0 aromatic carbocycles. The Hall–Kier alpha value is -3.21. The highest BCUT2D eigenvalue weighted by Crippen LogP contribution is 2.09. The molecule has 1 saturated heterocycles. The Balaban J connectivity index is 0.000000228. The van der Waals surface area contributed by atoms with Gasteiger partial charge in [0.05, 0.1) is 11.8 Å². The van der Waals surface area contributed by atoms with Crippen LogP contribution in [-0.2, 0) is 13.6 Å². The molecule has 0 radical (unpaired) electrons. The minimum absolute atomic E-state index is 0.282. The quantitative estimate of drug-likeness (QED) is 0.438. The van der Waals surface area contributed by atoms with Gasteiger partial charge in [-0.1, -0.05) is 17.7 Å². The second-order valence-electron chi connectivity index (χ2n) is 5.27. The number of hydrazone groups is 1. The normalized spacial score (nSPS) is 14.5. The first-order chi connectivity index (χ1) is 12.3. The van der Waals surface area contributed by atoms with Crippen LogP contribution < -0.4 is 11.1 Å². The summed E-state index contributed by atoms with van der Waals surface area (Å²) in [6.07, 6.45) is 4.65. The van der Waals surface area contributed by atoms with Crippen molar-refractivity contribution >= 4 is 23.5 Å². The van der Waals surface area contributed by atoms with Gasteiger partial charge in [-0.3, -0.25) is 9.48 Å². The van der Waals surface area contributed by atoms with Crippen LogP contribution in [0.5, 0.6) is 0 Å². The lowest BCUT2D eigenvalue weighted by molar-refractivity contribution is -0.485. The molecule has 0 atom stereocenters. The number of rotatable bonds is 4. The molecule has 12 heteroatoms. The van der Waals surface area contributed by atoms with Crippen molar-refractivity contribution in [1.82, 2.24) is 25.0 Å². The lowest BCUT2D eigenvalue weighted by Crippen LogP contribution is -2.30. The summed E-state index contributed by atoms with van der Waals surface area (Å²) in [5.74, 6) is -0.159. The molecule has 0 spiro atoms. The number of nitro groups is 1. The van der Waals surface area contributed by atoms with E-state index < -0.39 is 10.9 Å². The summed E-state index contributed by atoms with van der Waals surface area (Å²) in [6, 6.07) is 3.52. The number of aromatic nitrogens is 3. The second kappa shape index (κ2) is 8.76. The molecular formula is C14H17ClN8O3. The standard InChI is InChI=1S/C9H10ClN5O2.C5H7N3O/c10-8-2-1-7(5-12-8)6-14-4-3-11-9(14)13-15(16)17;1-8-3-4(2-7-8)5(6)9/h1-2,5H,3-4,6H2,(H,11,13);2-3H,1H3,(H2,6,9). The highest BCUT2D eigenvalue weighted by atomic mass is 35.5. The van der Waals surface area contributed by atoms with E-state index in [1.807, 2.05) is 6.07 Å². The van der Waals surface area contributed by atoms with Crippen molar-refractivity contribution in [2.75, 3.05) is 13.1 Å². The monoisotopic (exact) mass is 380 g/mol. The van der Waals surface area contributed by atoms with Gasteiger partial charge in [-0.15, -0.1) is 0 Å². The number of nitrogens with two attached hydrogens (primary N) is 1. The molecule has 3 rings (SSSR count). The van der Waals surface area contributed by atoms with Gasteiger partial charge in [0.25, 0.3) is 11.9 Å². The maximum absolute atomic E-state index is 10.4. The number of nitrogens with zero attached hydrogens (tertiary/aromatic N) is 6. The fourth-order valence-electron chi connectivity index (χ4n) is 2.12. The summed E-state index contributed by atoms with van der Waals surface area (Å²) in [7, 11) is 1.73. The van der Waals surface area contributed by atoms with E-state index in [1.165, 1.54) is 10.9 Å². The van der Waals surface area contributed by atoms with E-state index in [0.717, 1.165) is 5.56 Å². The number of primary amides is 1. The number of guanidine groups is 1. The van der Waals surface area contributed by atoms with Gasteiger partial charge in [0.15, 0.2) is 5.03 Å². The number of aryl methyl sites for hydroxylation is 1. The molecule has 2 aromatic heterocycles. The van der Waals surface area contributed by atoms with Gasteiger partial charge < -0.3 is 16.0 Å². The van der Waals surface area contributed by atoms with Crippen molar-refractivity contribution in [3.63, 3.8) is 0 Å². The van der Waals surface area contributed by atoms with Gasteiger partial charge in [-0.05, 0) is 11.6 Å². The van der Waals surface area contributed by atoms with Crippen LogP contribution >= 0.6 is 11.6 Å². The van der Waals surface area contributed by atoms with Gasteiger partial charge >= 0.3 is 0 Å². The first kappa shape index (κ1) is 19.1. The average Bonchev–Trinajstić information content (AvgIpc) is 3.19. The predicted octanol–water partition coefficient (Wildman–Crippen LogP) is 0.207. The largest absolute Gasteiger partial charge is 0.366 e. The number of pyridine rings is 1. The predicted molar refractivity (Wildman–Crippen MR) is 93.8 cm³/mol. The molecule has 1 aliphatic heterocycles. The molecule has 26 heavy (non-hydrogen) atoms. The Bertz CT molecular complexity index is 805. The summed E-state index contributed by atoms with van der Waals surface area (Å²) < 4.78 is 1.53. The van der Waals surface area contributed by atoms with Crippen LogP contribution in [-0.4, -0.2) is 49.7 Å². The summed E-state index contributed by atoms with van der Waals surface area (Å²) >= 11 is 5.68. The summed E-state index contributed by atoms with van der Waals surface area (Å²) in [4.78, 5) is 26.4. The summed E-state index contributed by atoms with van der Waals surface area (Å²) in [6.45, 7) is 1.84. The zero-order chi connectivity index (χ0) is 19.1. The SMILES string of the molecule is Cn1cc(C(N)=O)cn1.O=[N+]([O-])/N=C1\NCCN1Cc1ccc(Cl)nc1. The molecule has 0 aliphatic carbocycles. The van der Waals surface area contributed by atoms with Crippen LogP contribution in [0.25, 0.3) is 0 Å². The minimum Gasteiger partial charge on any atom is -0.366 e. The summed E-state index contributed by atoms with van der Waals surface area (Å²) in [5.41, 5.74) is 6.30.